The third-order valence-electron chi connectivity index (χ3n) is 3.38. The van der Waals surface area contributed by atoms with Crippen molar-refractivity contribution < 1.29 is 12.8 Å². The maximum Gasteiger partial charge on any atom is 0.169 e. The van der Waals surface area contributed by atoms with E-state index in [1.807, 2.05) is 0 Å². The maximum atomic E-state index is 14.0. The van der Waals surface area contributed by atoms with Gasteiger partial charge in [0.15, 0.2) is 9.84 Å². The SMILES string of the molecule is CS(=O)(=O)C1CSCCN1c1cccc(F)c1CCN. The zero-order valence-electron chi connectivity index (χ0n) is 11.4. The number of halogens is 1. The van der Waals surface area contributed by atoms with E-state index < -0.39 is 15.2 Å². The van der Waals surface area contributed by atoms with Gasteiger partial charge in [-0.2, -0.15) is 11.8 Å². The van der Waals surface area contributed by atoms with Gasteiger partial charge < -0.3 is 10.6 Å². The fourth-order valence-corrected chi connectivity index (χ4v) is 5.25. The summed E-state index contributed by atoms with van der Waals surface area (Å²) in [6.07, 6.45) is 1.64. The first-order valence-corrected chi connectivity index (χ1v) is 9.56. The Hall–Kier alpha value is -0.790. The molecule has 0 saturated carbocycles. The molecule has 112 valence electrons. The summed E-state index contributed by atoms with van der Waals surface area (Å²) in [6, 6.07) is 4.79. The van der Waals surface area contributed by atoms with E-state index in [1.165, 1.54) is 12.3 Å². The molecular weight excluding hydrogens is 299 g/mol. The second kappa shape index (κ2) is 6.32. The molecule has 1 aromatic carbocycles. The van der Waals surface area contributed by atoms with Gasteiger partial charge in [-0.25, -0.2) is 12.8 Å². The molecular formula is C13H19FN2O2S2. The van der Waals surface area contributed by atoms with Crippen LogP contribution in [0.3, 0.4) is 0 Å². The van der Waals surface area contributed by atoms with Crippen LogP contribution in [-0.4, -0.2) is 44.6 Å². The Morgan fingerprint density at radius 3 is 2.90 bits per heavy atom. The maximum absolute atomic E-state index is 14.0. The van der Waals surface area contributed by atoms with Gasteiger partial charge in [0.25, 0.3) is 0 Å². The summed E-state index contributed by atoms with van der Waals surface area (Å²) in [5, 5.41) is -0.598. The van der Waals surface area contributed by atoms with Crippen LogP contribution in [0.15, 0.2) is 18.2 Å². The van der Waals surface area contributed by atoms with Crippen molar-refractivity contribution in [3.05, 3.63) is 29.6 Å². The van der Waals surface area contributed by atoms with E-state index in [0.717, 1.165) is 5.75 Å². The third-order valence-corrected chi connectivity index (χ3v) is 6.02. The number of rotatable bonds is 4. The lowest BCUT2D eigenvalue weighted by Crippen LogP contribution is -2.47. The molecule has 0 spiro atoms. The van der Waals surface area contributed by atoms with Crippen LogP contribution < -0.4 is 10.6 Å². The highest BCUT2D eigenvalue weighted by atomic mass is 32.2. The predicted octanol–water partition coefficient (Wildman–Crippen LogP) is 1.25. The summed E-state index contributed by atoms with van der Waals surface area (Å²) in [5.41, 5.74) is 6.71. The first-order chi connectivity index (χ1) is 9.45. The Kier molecular flexibility index (Phi) is 4.93. The third kappa shape index (κ3) is 3.27. The standard InChI is InChI=1S/C13H19FN2O2S2/c1-20(17,18)13-9-19-8-7-16(13)12-4-2-3-11(14)10(12)5-6-15/h2-4,13H,5-9,15H2,1H3. The highest BCUT2D eigenvalue weighted by Crippen LogP contribution is 2.30. The summed E-state index contributed by atoms with van der Waals surface area (Å²) in [5.74, 6) is 1.03. The number of anilines is 1. The van der Waals surface area contributed by atoms with Gasteiger partial charge in [-0.15, -0.1) is 0 Å². The van der Waals surface area contributed by atoms with Gasteiger partial charge >= 0.3 is 0 Å². The molecule has 1 saturated heterocycles. The highest BCUT2D eigenvalue weighted by Gasteiger charge is 2.32. The second-order valence-electron chi connectivity index (χ2n) is 4.83. The largest absolute Gasteiger partial charge is 0.353 e. The van der Waals surface area contributed by atoms with Crippen molar-refractivity contribution >= 4 is 27.3 Å². The smallest absolute Gasteiger partial charge is 0.169 e. The van der Waals surface area contributed by atoms with Gasteiger partial charge in [0.1, 0.15) is 11.2 Å². The Bertz CT molecular complexity index is 578. The number of thioether (sulfide) groups is 1. The summed E-state index contributed by atoms with van der Waals surface area (Å²) >= 11 is 1.61. The van der Waals surface area contributed by atoms with Crippen LogP contribution in [0.1, 0.15) is 5.56 Å². The van der Waals surface area contributed by atoms with Gasteiger partial charge in [-0.3, -0.25) is 0 Å². The fourth-order valence-electron chi connectivity index (χ4n) is 2.42. The monoisotopic (exact) mass is 318 g/mol. The molecule has 4 nitrogen and oxygen atoms in total. The highest BCUT2D eigenvalue weighted by molar-refractivity contribution is 8.01. The van der Waals surface area contributed by atoms with Crippen LogP contribution in [0.5, 0.6) is 0 Å². The number of sulfone groups is 1. The average molecular weight is 318 g/mol. The number of nitrogens with zero attached hydrogens (tertiary/aromatic N) is 1. The first-order valence-electron chi connectivity index (χ1n) is 6.46. The molecule has 0 bridgehead atoms. The van der Waals surface area contributed by atoms with E-state index in [0.29, 0.717) is 36.5 Å². The summed E-state index contributed by atoms with van der Waals surface area (Å²) in [6.45, 7) is 0.934. The summed E-state index contributed by atoms with van der Waals surface area (Å²) in [4.78, 5) is 1.81. The topological polar surface area (TPSA) is 63.4 Å². The van der Waals surface area contributed by atoms with E-state index in [4.69, 9.17) is 5.73 Å². The van der Waals surface area contributed by atoms with Crippen molar-refractivity contribution in [2.75, 3.05) is 35.8 Å². The van der Waals surface area contributed by atoms with Crippen LogP contribution in [0.2, 0.25) is 0 Å². The van der Waals surface area contributed by atoms with Gasteiger partial charge in [0.05, 0.1) is 0 Å². The lowest BCUT2D eigenvalue weighted by molar-refractivity contribution is 0.581. The minimum absolute atomic E-state index is 0.321. The quantitative estimate of drug-likeness (QED) is 0.905. The number of hydrogen-bond donors (Lipinski definition) is 1. The molecule has 1 aromatic rings. The predicted molar refractivity (Wildman–Crippen MR) is 82.5 cm³/mol. The minimum Gasteiger partial charge on any atom is -0.353 e. The Morgan fingerprint density at radius 1 is 1.50 bits per heavy atom. The molecule has 1 heterocycles. The minimum atomic E-state index is -3.22. The molecule has 0 aliphatic carbocycles. The van der Waals surface area contributed by atoms with E-state index in [2.05, 4.69) is 0 Å². The zero-order valence-corrected chi connectivity index (χ0v) is 13.0. The van der Waals surface area contributed by atoms with Gasteiger partial charge in [0, 0.05) is 35.6 Å². The molecule has 1 fully saturated rings. The molecule has 2 N–H and O–H groups in total. The van der Waals surface area contributed by atoms with E-state index in [-0.39, 0.29) is 5.82 Å². The van der Waals surface area contributed by atoms with Crippen molar-refractivity contribution in [3.8, 4) is 0 Å². The van der Waals surface area contributed by atoms with Crippen LogP contribution in [-0.2, 0) is 16.3 Å². The van der Waals surface area contributed by atoms with Gasteiger partial charge in [-0.05, 0) is 25.1 Å². The number of nitrogens with two attached hydrogens (primary N) is 1. The molecule has 1 atom stereocenters. The molecule has 0 radical (unpaired) electrons. The molecule has 2 rings (SSSR count). The Morgan fingerprint density at radius 2 is 2.25 bits per heavy atom. The lowest BCUT2D eigenvalue weighted by atomic mass is 10.1. The first kappa shape index (κ1) is 15.6. The van der Waals surface area contributed by atoms with Crippen LogP contribution >= 0.6 is 11.8 Å². The zero-order chi connectivity index (χ0) is 14.8. The number of benzene rings is 1. The Balaban J connectivity index is 2.45. The van der Waals surface area contributed by atoms with Crippen molar-refractivity contribution in [2.45, 2.75) is 11.8 Å². The second-order valence-corrected chi connectivity index (χ2v) is 8.18. The van der Waals surface area contributed by atoms with Crippen LogP contribution in [0, 0.1) is 5.82 Å². The summed E-state index contributed by atoms with van der Waals surface area (Å²) in [7, 11) is -3.22. The molecule has 0 amide bonds. The van der Waals surface area contributed by atoms with E-state index in [1.54, 1.807) is 28.8 Å². The van der Waals surface area contributed by atoms with Crippen molar-refractivity contribution in [1.29, 1.82) is 0 Å². The molecule has 0 aromatic heterocycles. The normalized spacial score (nSPS) is 20.1. The molecule has 1 unspecified atom stereocenters. The lowest BCUT2D eigenvalue weighted by Gasteiger charge is -2.37. The van der Waals surface area contributed by atoms with E-state index >= 15 is 0 Å². The molecule has 1 aliphatic rings. The van der Waals surface area contributed by atoms with Crippen LogP contribution in [0.4, 0.5) is 10.1 Å². The van der Waals surface area contributed by atoms with Crippen molar-refractivity contribution in [3.63, 3.8) is 0 Å². The van der Waals surface area contributed by atoms with Gasteiger partial charge in [0.2, 0.25) is 0 Å². The van der Waals surface area contributed by atoms with Crippen LogP contribution in [0.25, 0.3) is 0 Å². The molecule has 7 heteroatoms. The molecule has 1 aliphatic heterocycles. The Labute approximate surface area is 123 Å². The fraction of sp³-hybridized carbons (Fsp3) is 0.538. The van der Waals surface area contributed by atoms with E-state index in [9.17, 15) is 12.8 Å². The van der Waals surface area contributed by atoms with Crippen molar-refractivity contribution in [2.24, 2.45) is 5.73 Å². The number of hydrogen-bond acceptors (Lipinski definition) is 5. The van der Waals surface area contributed by atoms with Gasteiger partial charge in [-0.1, -0.05) is 6.07 Å². The average Bonchev–Trinajstić information content (AvgIpc) is 2.40. The molecule has 20 heavy (non-hydrogen) atoms. The van der Waals surface area contributed by atoms with Crippen molar-refractivity contribution in [1.82, 2.24) is 0 Å². The summed E-state index contributed by atoms with van der Waals surface area (Å²) < 4.78 is 37.9.